The smallest absolute Gasteiger partial charge is 0.220 e. The monoisotopic (exact) mass is 378 g/mol. The van der Waals surface area contributed by atoms with Gasteiger partial charge in [0.2, 0.25) is 11.8 Å². The van der Waals surface area contributed by atoms with Crippen LogP contribution in [0, 0.1) is 18.2 Å². The zero-order chi connectivity index (χ0) is 19.8. The number of hydrogen-bond donors (Lipinski definition) is 3. The molecule has 7 nitrogen and oxygen atoms in total. The van der Waals surface area contributed by atoms with Gasteiger partial charge in [0, 0.05) is 18.1 Å². The second kappa shape index (κ2) is 6.88. The second-order valence-corrected chi connectivity index (χ2v) is 6.56. The summed E-state index contributed by atoms with van der Waals surface area (Å²) in [6, 6.07) is 9.61. The van der Waals surface area contributed by atoms with E-state index in [-0.39, 0.29) is 23.6 Å². The van der Waals surface area contributed by atoms with Crippen molar-refractivity contribution < 1.29 is 9.13 Å². The van der Waals surface area contributed by atoms with Gasteiger partial charge < -0.3 is 15.8 Å². The van der Waals surface area contributed by atoms with Crippen molar-refractivity contribution >= 4 is 11.8 Å². The van der Waals surface area contributed by atoms with Crippen molar-refractivity contribution in [2.45, 2.75) is 19.4 Å². The number of methoxy groups -OCH3 is 1. The van der Waals surface area contributed by atoms with E-state index in [1.54, 1.807) is 31.2 Å². The summed E-state index contributed by atoms with van der Waals surface area (Å²) in [5, 5.41) is 11.6. The van der Waals surface area contributed by atoms with Gasteiger partial charge in [-0.05, 0) is 30.7 Å². The molecule has 2 aromatic heterocycles. The highest BCUT2D eigenvalue weighted by molar-refractivity contribution is 5.99. The lowest BCUT2D eigenvalue weighted by atomic mass is 9.90. The Morgan fingerprint density at radius 2 is 2.04 bits per heavy atom. The molecule has 8 heteroatoms. The maximum Gasteiger partial charge on any atom is 0.220 e. The fraction of sp³-hybridized carbons (Fsp3) is 0.200. The average molecular weight is 378 g/mol. The molecule has 0 spiro atoms. The van der Waals surface area contributed by atoms with E-state index < -0.39 is 0 Å². The third-order valence-corrected chi connectivity index (χ3v) is 4.75. The molecule has 3 heterocycles. The molecule has 28 heavy (non-hydrogen) atoms. The van der Waals surface area contributed by atoms with Crippen molar-refractivity contribution in [2.24, 2.45) is 0 Å². The van der Waals surface area contributed by atoms with Crippen LogP contribution in [-0.4, -0.2) is 27.9 Å². The van der Waals surface area contributed by atoms with E-state index in [2.05, 4.69) is 20.3 Å². The number of pyridine rings is 1. The molecule has 0 unspecified atom stereocenters. The van der Waals surface area contributed by atoms with Crippen LogP contribution >= 0.6 is 0 Å². The number of benzene rings is 1. The largest absolute Gasteiger partial charge is 0.481 e. The fourth-order valence-electron chi connectivity index (χ4n) is 3.54. The average Bonchev–Trinajstić information content (AvgIpc) is 2.67. The van der Waals surface area contributed by atoms with Crippen molar-refractivity contribution in [1.82, 2.24) is 20.3 Å². The van der Waals surface area contributed by atoms with Crippen molar-refractivity contribution in [1.29, 1.82) is 5.41 Å². The van der Waals surface area contributed by atoms with Gasteiger partial charge in [-0.25, -0.2) is 19.3 Å². The van der Waals surface area contributed by atoms with Gasteiger partial charge in [0.1, 0.15) is 11.7 Å². The summed E-state index contributed by atoms with van der Waals surface area (Å²) < 4.78 is 19.2. The quantitative estimate of drug-likeness (QED) is 0.646. The molecular weight excluding hydrogens is 359 g/mol. The fourth-order valence-corrected chi connectivity index (χ4v) is 3.54. The third-order valence-electron chi connectivity index (χ3n) is 4.75. The first-order valence-corrected chi connectivity index (χ1v) is 8.75. The minimum atomic E-state index is -0.364. The van der Waals surface area contributed by atoms with E-state index in [1.807, 2.05) is 0 Å². The van der Waals surface area contributed by atoms with E-state index in [0.717, 1.165) is 5.56 Å². The van der Waals surface area contributed by atoms with Gasteiger partial charge in [-0.15, -0.1) is 0 Å². The van der Waals surface area contributed by atoms with Crippen molar-refractivity contribution in [2.75, 3.05) is 12.8 Å². The third kappa shape index (κ3) is 3.13. The number of nitrogens with zero attached hydrogens (tertiary/aromatic N) is 3. The predicted molar refractivity (Wildman–Crippen MR) is 104 cm³/mol. The molecule has 0 saturated carbocycles. The molecule has 0 radical (unpaired) electrons. The Morgan fingerprint density at radius 3 is 2.82 bits per heavy atom. The molecular formula is C20H19FN6O. The summed E-state index contributed by atoms with van der Waals surface area (Å²) in [7, 11) is 1.53. The minimum absolute atomic E-state index is 0.179. The molecule has 142 valence electrons. The number of nitrogens with two attached hydrogens (primary N) is 1. The van der Waals surface area contributed by atoms with E-state index in [1.165, 1.54) is 19.2 Å². The first kappa shape index (κ1) is 17.8. The molecule has 0 saturated heterocycles. The Kier molecular flexibility index (Phi) is 4.38. The molecule has 1 aromatic carbocycles. The molecule has 0 fully saturated rings. The summed E-state index contributed by atoms with van der Waals surface area (Å²) in [4.78, 5) is 12.9. The second-order valence-electron chi connectivity index (χ2n) is 6.56. The highest BCUT2D eigenvalue weighted by Gasteiger charge is 2.28. The topological polar surface area (TPSA) is 110 Å². The number of halogens is 1. The van der Waals surface area contributed by atoms with E-state index >= 15 is 0 Å². The molecule has 0 amide bonds. The summed E-state index contributed by atoms with van der Waals surface area (Å²) in [6.07, 6.45) is 0.494. The maximum absolute atomic E-state index is 14.0. The number of nitrogens with one attached hydrogen (secondary N) is 2. The minimum Gasteiger partial charge on any atom is -0.481 e. The highest BCUT2D eigenvalue weighted by atomic mass is 19.1. The number of nitrogen functional groups attached to an aromatic ring is 1. The van der Waals surface area contributed by atoms with Crippen molar-refractivity contribution in [3.05, 3.63) is 64.7 Å². The first-order chi connectivity index (χ1) is 13.5. The number of anilines is 1. The van der Waals surface area contributed by atoms with Gasteiger partial charge in [0.25, 0.3) is 0 Å². The van der Waals surface area contributed by atoms with Crippen LogP contribution in [0.5, 0.6) is 5.88 Å². The van der Waals surface area contributed by atoms with Crippen LogP contribution in [0.4, 0.5) is 10.3 Å². The molecule has 1 aliphatic rings. The van der Waals surface area contributed by atoms with Crippen LogP contribution in [0.2, 0.25) is 0 Å². The van der Waals surface area contributed by atoms with Crippen LogP contribution in [0.15, 0.2) is 36.4 Å². The van der Waals surface area contributed by atoms with E-state index in [9.17, 15) is 4.39 Å². The van der Waals surface area contributed by atoms with Crippen LogP contribution in [0.25, 0.3) is 11.3 Å². The van der Waals surface area contributed by atoms with Gasteiger partial charge in [0.15, 0.2) is 0 Å². The summed E-state index contributed by atoms with van der Waals surface area (Å²) in [5.74, 6) is 0.478. The molecule has 3 aromatic rings. The standard InChI is InChI=1S/C20H19FN6O/c1-10-18-16(27-20(23)24-10)9-15(26-19(18)22)12-7-6-11(21)8-13(12)14-4-3-5-17(25-14)28-2/h3-8,15H,9H2,1-2H3,(H2,22,26)(H2,23,24,27)/t15-/m1/s1. The molecule has 4 rings (SSSR count). The Morgan fingerprint density at radius 1 is 1.21 bits per heavy atom. The summed E-state index contributed by atoms with van der Waals surface area (Å²) >= 11 is 0. The number of amidine groups is 1. The molecule has 1 atom stereocenters. The number of ether oxygens (including phenoxy) is 1. The lowest BCUT2D eigenvalue weighted by molar-refractivity contribution is 0.398. The van der Waals surface area contributed by atoms with Gasteiger partial charge in [-0.2, -0.15) is 0 Å². The lowest BCUT2D eigenvalue weighted by Crippen LogP contribution is -2.37. The molecule has 0 bridgehead atoms. The van der Waals surface area contributed by atoms with Crippen LogP contribution in [-0.2, 0) is 6.42 Å². The van der Waals surface area contributed by atoms with Crippen LogP contribution in [0.1, 0.15) is 28.6 Å². The Hall–Kier alpha value is -3.55. The number of aryl methyl sites for hydroxylation is 1. The van der Waals surface area contributed by atoms with E-state index in [0.29, 0.717) is 40.5 Å². The summed E-state index contributed by atoms with van der Waals surface area (Å²) in [6.45, 7) is 1.80. The molecule has 4 N–H and O–H groups in total. The van der Waals surface area contributed by atoms with Crippen LogP contribution < -0.4 is 15.8 Å². The van der Waals surface area contributed by atoms with Gasteiger partial charge in [-0.3, -0.25) is 5.41 Å². The van der Waals surface area contributed by atoms with E-state index in [4.69, 9.17) is 15.9 Å². The predicted octanol–water partition coefficient (Wildman–Crippen LogP) is 2.79. The lowest BCUT2D eigenvalue weighted by Gasteiger charge is -2.29. The number of aromatic nitrogens is 3. The number of hydrogen-bond acceptors (Lipinski definition) is 6. The SMILES string of the molecule is COc1cccc(-c2cc(F)ccc2[C@H]2Cc3nc(N)nc(C)c3C(=N)N2)n1. The van der Waals surface area contributed by atoms with Crippen molar-refractivity contribution in [3.63, 3.8) is 0 Å². The van der Waals surface area contributed by atoms with Crippen molar-refractivity contribution in [3.8, 4) is 17.1 Å². The highest BCUT2D eigenvalue weighted by Crippen LogP contribution is 2.33. The van der Waals surface area contributed by atoms with Gasteiger partial charge >= 0.3 is 0 Å². The zero-order valence-electron chi connectivity index (χ0n) is 15.5. The van der Waals surface area contributed by atoms with Gasteiger partial charge in [-0.1, -0.05) is 12.1 Å². The number of fused-ring (bicyclic) bond motifs is 1. The Balaban J connectivity index is 1.81. The van der Waals surface area contributed by atoms with Crippen LogP contribution in [0.3, 0.4) is 0 Å². The Labute approximate surface area is 161 Å². The Bertz CT molecular complexity index is 1080. The maximum atomic E-state index is 14.0. The zero-order valence-corrected chi connectivity index (χ0v) is 15.5. The molecule has 1 aliphatic heterocycles. The normalized spacial score (nSPS) is 15.7. The van der Waals surface area contributed by atoms with Gasteiger partial charge in [0.05, 0.1) is 35.8 Å². The first-order valence-electron chi connectivity index (χ1n) is 8.75. The summed E-state index contributed by atoms with van der Waals surface area (Å²) in [5.41, 5.74) is 9.85. The molecule has 0 aliphatic carbocycles. The number of rotatable bonds is 3.